The molecule has 2 N–H and O–H groups in total. The van der Waals surface area contributed by atoms with E-state index in [1.165, 1.54) is 43.5 Å². The number of nitrogens with zero attached hydrogens (tertiary/aromatic N) is 1. The Morgan fingerprint density at radius 3 is 2.60 bits per heavy atom. The minimum atomic E-state index is 0.870. The van der Waals surface area contributed by atoms with Gasteiger partial charge in [0.05, 0.1) is 0 Å². The minimum absolute atomic E-state index is 0.870. The molecular formula is C13H20N2. The fourth-order valence-electron chi connectivity index (χ4n) is 2.25. The van der Waals surface area contributed by atoms with Gasteiger partial charge in [-0.3, -0.25) is 4.90 Å². The third-order valence-electron chi connectivity index (χ3n) is 3.21. The molecule has 0 saturated carbocycles. The second kappa shape index (κ2) is 4.67. The maximum absolute atomic E-state index is 5.75. The molecule has 1 saturated heterocycles. The number of rotatable bonds is 2. The Hall–Kier alpha value is -1.02. The molecule has 1 fully saturated rings. The highest BCUT2D eigenvalue weighted by atomic mass is 15.1. The number of hydrogen-bond donors (Lipinski definition) is 1. The summed E-state index contributed by atoms with van der Waals surface area (Å²) in [5.74, 6) is 0. The number of likely N-dealkylation sites (tertiary alicyclic amines) is 1. The zero-order valence-corrected chi connectivity index (χ0v) is 9.50. The number of nitrogen functional groups attached to an aromatic ring is 1. The number of aryl methyl sites for hydroxylation is 1. The summed E-state index contributed by atoms with van der Waals surface area (Å²) in [4.78, 5) is 2.54. The molecular weight excluding hydrogens is 184 g/mol. The molecule has 0 unspecified atom stereocenters. The summed E-state index contributed by atoms with van der Waals surface area (Å²) in [6.45, 7) is 5.75. The lowest BCUT2D eigenvalue weighted by atomic mass is 10.1. The molecule has 0 spiro atoms. The van der Waals surface area contributed by atoms with Crippen LogP contribution in [-0.2, 0) is 6.54 Å². The van der Waals surface area contributed by atoms with Gasteiger partial charge in [-0.05, 0) is 56.1 Å². The molecule has 1 aliphatic rings. The Kier molecular flexibility index (Phi) is 3.27. The van der Waals surface area contributed by atoms with E-state index in [4.69, 9.17) is 5.73 Å². The fraction of sp³-hybridized carbons (Fsp3) is 0.538. The van der Waals surface area contributed by atoms with Crippen LogP contribution in [0.2, 0.25) is 0 Å². The Bertz CT molecular complexity index is 327. The fourth-order valence-corrected chi connectivity index (χ4v) is 2.25. The summed E-state index contributed by atoms with van der Waals surface area (Å²) >= 11 is 0. The number of nitrogens with two attached hydrogens (primary N) is 1. The summed E-state index contributed by atoms with van der Waals surface area (Å²) in [5.41, 5.74) is 9.36. The smallest absolute Gasteiger partial charge is 0.0316 e. The average Bonchev–Trinajstić information content (AvgIpc) is 2.24. The van der Waals surface area contributed by atoms with Gasteiger partial charge in [-0.15, -0.1) is 0 Å². The molecule has 0 atom stereocenters. The van der Waals surface area contributed by atoms with Gasteiger partial charge in [0.15, 0.2) is 0 Å². The number of anilines is 1. The molecule has 1 aromatic carbocycles. The highest BCUT2D eigenvalue weighted by Crippen LogP contribution is 2.17. The molecule has 82 valence electrons. The summed E-state index contributed by atoms with van der Waals surface area (Å²) in [7, 11) is 0. The third-order valence-corrected chi connectivity index (χ3v) is 3.21. The summed E-state index contributed by atoms with van der Waals surface area (Å²) in [6, 6.07) is 6.24. The quantitative estimate of drug-likeness (QED) is 0.750. The molecule has 0 aliphatic carbocycles. The molecule has 2 nitrogen and oxygen atoms in total. The number of benzene rings is 1. The van der Waals surface area contributed by atoms with Crippen molar-refractivity contribution < 1.29 is 0 Å². The highest BCUT2D eigenvalue weighted by molar-refractivity contribution is 5.44. The Morgan fingerprint density at radius 1 is 1.20 bits per heavy atom. The van der Waals surface area contributed by atoms with Crippen molar-refractivity contribution in [2.75, 3.05) is 18.8 Å². The maximum atomic E-state index is 5.75. The van der Waals surface area contributed by atoms with Gasteiger partial charge in [-0.1, -0.05) is 12.5 Å². The van der Waals surface area contributed by atoms with Crippen LogP contribution in [0.1, 0.15) is 30.4 Å². The first-order valence-corrected chi connectivity index (χ1v) is 5.83. The minimum Gasteiger partial charge on any atom is -0.399 e. The molecule has 15 heavy (non-hydrogen) atoms. The van der Waals surface area contributed by atoms with E-state index in [1.54, 1.807) is 0 Å². The van der Waals surface area contributed by atoms with Crippen molar-refractivity contribution in [1.82, 2.24) is 4.90 Å². The van der Waals surface area contributed by atoms with Crippen molar-refractivity contribution in [3.05, 3.63) is 29.3 Å². The molecule has 2 rings (SSSR count). The van der Waals surface area contributed by atoms with Crippen LogP contribution < -0.4 is 5.73 Å². The predicted molar refractivity (Wildman–Crippen MR) is 64.7 cm³/mol. The molecule has 1 heterocycles. The lowest BCUT2D eigenvalue weighted by Crippen LogP contribution is -2.29. The van der Waals surface area contributed by atoms with Crippen molar-refractivity contribution in [3.8, 4) is 0 Å². The number of piperidine rings is 1. The van der Waals surface area contributed by atoms with E-state index < -0.39 is 0 Å². The van der Waals surface area contributed by atoms with Crippen LogP contribution >= 0.6 is 0 Å². The first kappa shape index (κ1) is 10.5. The van der Waals surface area contributed by atoms with Crippen LogP contribution in [0.5, 0.6) is 0 Å². The molecule has 0 radical (unpaired) electrons. The molecule has 0 bridgehead atoms. The maximum Gasteiger partial charge on any atom is 0.0316 e. The zero-order valence-electron chi connectivity index (χ0n) is 9.50. The first-order valence-electron chi connectivity index (χ1n) is 5.83. The molecule has 2 heteroatoms. The standard InChI is InChI=1S/C13H20N2/c1-11-9-13(14)6-5-12(11)10-15-7-3-2-4-8-15/h5-6,9H,2-4,7-8,10,14H2,1H3. The van der Waals surface area contributed by atoms with Crippen molar-refractivity contribution >= 4 is 5.69 Å². The Morgan fingerprint density at radius 2 is 1.93 bits per heavy atom. The van der Waals surface area contributed by atoms with Crippen LogP contribution in [0.15, 0.2) is 18.2 Å². The van der Waals surface area contributed by atoms with E-state index in [9.17, 15) is 0 Å². The lowest BCUT2D eigenvalue weighted by Gasteiger charge is -2.27. The van der Waals surface area contributed by atoms with Gasteiger partial charge in [-0.2, -0.15) is 0 Å². The van der Waals surface area contributed by atoms with E-state index in [-0.39, 0.29) is 0 Å². The number of hydrogen-bond acceptors (Lipinski definition) is 2. The van der Waals surface area contributed by atoms with E-state index in [0.29, 0.717) is 0 Å². The van der Waals surface area contributed by atoms with Gasteiger partial charge in [0.1, 0.15) is 0 Å². The summed E-state index contributed by atoms with van der Waals surface area (Å²) in [5, 5.41) is 0. The average molecular weight is 204 g/mol. The second-order valence-electron chi connectivity index (χ2n) is 4.52. The van der Waals surface area contributed by atoms with E-state index in [2.05, 4.69) is 24.0 Å². The Balaban J connectivity index is 2.03. The van der Waals surface area contributed by atoms with Gasteiger partial charge in [0.2, 0.25) is 0 Å². The molecule has 0 amide bonds. The van der Waals surface area contributed by atoms with Crippen LogP contribution in [-0.4, -0.2) is 18.0 Å². The predicted octanol–water partition coefficient (Wildman–Crippen LogP) is 2.56. The SMILES string of the molecule is Cc1cc(N)ccc1CN1CCCCC1. The monoisotopic (exact) mass is 204 g/mol. The second-order valence-corrected chi connectivity index (χ2v) is 4.52. The van der Waals surface area contributed by atoms with Gasteiger partial charge in [-0.25, -0.2) is 0 Å². The molecule has 1 aromatic rings. The third kappa shape index (κ3) is 2.72. The van der Waals surface area contributed by atoms with Crippen LogP contribution in [0.4, 0.5) is 5.69 Å². The highest BCUT2D eigenvalue weighted by Gasteiger charge is 2.11. The van der Waals surface area contributed by atoms with E-state index in [0.717, 1.165) is 12.2 Å². The van der Waals surface area contributed by atoms with Crippen LogP contribution in [0.25, 0.3) is 0 Å². The molecule has 0 aromatic heterocycles. The van der Waals surface area contributed by atoms with Crippen LogP contribution in [0.3, 0.4) is 0 Å². The normalized spacial score (nSPS) is 17.9. The van der Waals surface area contributed by atoms with E-state index >= 15 is 0 Å². The van der Waals surface area contributed by atoms with Gasteiger partial charge in [0, 0.05) is 12.2 Å². The largest absolute Gasteiger partial charge is 0.399 e. The first-order chi connectivity index (χ1) is 7.25. The van der Waals surface area contributed by atoms with Crippen molar-refractivity contribution in [1.29, 1.82) is 0 Å². The van der Waals surface area contributed by atoms with Crippen LogP contribution in [0, 0.1) is 6.92 Å². The Labute approximate surface area is 92.1 Å². The lowest BCUT2D eigenvalue weighted by molar-refractivity contribution is 0.220. The molecule has 1 aliphatic heterocycles. The van der Waals surface area contributed by atoms with Gasteiger partial charge < -0.3 is 5.73 Å². The van der Waals surface area contributed by atoms with Gasteiger partial charge >= 0.3 is 0 Å². The van der Waals surface area contributed by atoms with E-state index in [1.807, 2.05) is 6.07 Å². The van der Waals surface area contributed by atoms with Gasteiger partial charge in [0.25, 0.3) is 0 Å². The topological polar surface area (TPSA) is 29.3 Å². The van der Waals surface area contributed by atoms with Crippen molar-refractivity contribution in [3.63, 3.8) is 0 Å². The summed E-state index contributed by atoms with van der Waals surface area (Å²) in [6.07, 6.45) is 4.11. The summed E-state index contributed by atoms with van der Waals surface area (Å²) < 4.78 is 0. The zero-order chi connectivity index (χ0) is 10.7. The van der Waals surface area contributed by atoms with Crippen molar-refractivity contribution in [2.45, 2.75) is 32.7 Å². The van der Waals surface area contributed by atoms with Crippen molar-refractivity contribution in [2.24, 2.45) is 0 Å².